The molecular weight excluding hydrogens is 943 g/mol. The number of allylic oxidation sites excluding steroid dienone is 1. The summed E-state index contributed by atoms with van der Waals surface area (Å²) in [6.45, 7) is 11.6. The molecule has 3 aliphatic rings. The molecular formula is C49H59ClF3N5O6S3. The van der Waals surface area contributed by atoms with E-state index in [1.165, 1.54) is 47.0 Å². The molecule has 2 aliphatic heterocycles. The summed E-state index contributed by atoms with van der Waals surface area (Å²) in [6, 6.07) is 25.9. The summed E-state index contributed by atoms with van der Waals surface area (Å²) < 4.78 is 103. The molecule has 4 aromatic carbocycles. The first-order chi connectivity index (χ1) is 32.0. The van der Waals surface area contributed by atoms with Crippen LogP contribution in [0.5, 0.6) is 0 Å². The average molecular weight is 1000 g/mol. The Morgan fingerprint density at radius 2 is 1.52 bits per heavy atom. The monoisotopic (exact) mass is 1000 g/mol. The van der Waals surface area contributed by atoms with Gasteiger partial charge in [0.05, 0.1) is 23.8 Å². The van der Waals surface area contributed by atoms with Gasteiger partial charge in [0, 0.05) is 85.3 Å². The average Bonchev–Trinajstić information content (AvgIpc) is 3.33. The zero-order valence-corrected chi connectivity index (χ0v) is 41.1. The van der Waals surface area contributed by atoms with Gasteiger partial charge in [-0.2, -0.15) is 13.2 Å². The minimum atomic E-state index is -6.05. The molecule has 0 unspecified atom stereocenters. The van der Waals surface area contributed by atoms with Crippen LogP contribution in [-0.4, -0.2) is 115 Å². The van der Waals surface area contributed by atoms with Crippen molar-refractivity contribution in [2.45, 2.75) is 78.6 Å². The van der Waals surface area contributed by atoms with Crippen LogP contribution in [0, 0.1) is 5.41 Å². The number of ether oxygens (including phenoxy) is 1. The SMILES string of the molecule is CCC1(CC)CCC(CN2CCN(c3ccc(C(=O)NS(=O)(=O)c4ccc(N[C@H](CCN5CCOCC5)CSc5ccccc5)c(S(=O)(=O)C(F)(F)F)c4)cc3)CC2)=C(c2ccc(Cl)cc2)C1. The number of piperazine rings is 1. The van der Waals surface area contributed by atoms with Crippen LogP contribution in [0.15, 0.2) is 117 Å². The van der Waals surface area contributed by atoms with Gasteiger partial charge in [0.15, 0.2) is 0 Å². The molecule has 0 spiro atoms. The van der Waals surface area contributed by atoms with Gasteiger partial charge in [-0.3, -0.25) is 14.6 Å². The standard InChI is InChI=1S/C49H59ClF3N5O6S3/c1-3-48(4-2)22-20-38(44(33-48)36-10-14-39(50)15-11-36)34-57-24-26-58(27-25-57)41-16-12-37(13-17-41)47(59)55-67(62,63)43-18-19-45(46(32-43)66(60,61)49(51,52)53)54-40(21-23-56-28-30-64-31-29-56)35-65-42-8-6-5-7-9-42/h5-19,32,40,54H,3-4,20-31,33-35H2,1-2H3,(H,55,59)/t40-/m1/s1. The van der Waals surface area contributed by atoms with Crippen LogP contribution in [0.3, 0.4) is 0 Å². The predicted octanol–water partition coefficient (Wildman–Crippen LogP) is 9.61. The maximum absolute atomic E-state index is 14.2. The van der Waals surface area contributed by atoms with Gasteiger partial charge in [-0.1, -0.05) is 74.2 Å². The highest BCUT2D eigenvalue weighted by molar-refractivity contribution is 7.99. The van der Waals surface area contributed by atoms with Crippen LogP contribution in [0.4, 0.5) is 24.5 Å². The summed E-state index contributed by atoms with van der Waals surface area (Å²) in [5, 5.41) is 3.72. The molecule has 18 heteroatoms. The van der Waals surface area contributed by atoms with Gasteiger partial charge in [-0.25, -0.2) is 21.6 Å². The number of morpholine rings is 1. The van der Waals surface area contributed by atoms with Crippen molar-refractivity contribution < 1.29 is 39.5 Å². The molecule has 0 bridgehead atoms. The highest BCUT2D eigenvalue weighted by Gasteiger charge is 2.48. The number of alkyl halides is 3. The van der Waals surface area contributed by atoms with Gasteiger partial charge in [0.2, 0.25) is 0 Å². The van der Waals surface area contributed by atoms with E-state index in [1.807, 2.05) is 47.2 Å². The molecule has 2 N–H and O–H groups in total. The van der Waals surface area contributed by atoms with Gasteiger partial charge >= 0.3 is 5.51 Å². The summed E-state index contributed by atoms with van der Waals surface area (Å²) in [4.78, 5) is 19.1. The third-order valence-electron chi connectivity index (χ3n) is 13.4. The van der Waals surface area contributed by atoms with Gasteiger partial charge in [-0.15, -0.1) is 11.8 Å². The molecule has 1 amide bonds. The molecule has 4 aromatic rings. The minimum absolute atomic E-state index is 0.000564. The van der Waals surface area contributed by atoms with E-state index >= 15 is 0 Å². The second-order valence-electron chi connectivity index (χ2n) is 17.5. The van der Waals surface area contributed by atoms with E-state index in [9.17, 15) is 34.8 Å². The van der Waals surface area contributed by atoms with Crippen LogP contribution >= 0.6 is 23.4 Å². The van der Waals surface area contributed by atoms with Crippen molar-refractivity contribution >= 4 is 66.1 Å². The quantitative estimate of drug-likeness (QED) is 0.0926. The Labute approximate surface area is 402 Å². The van der Waals surface area contributed by atoms with Crippen molar-refractivity contribution in [3.63, 3.8) is 0 Å². The molecule has 362 valence electrons. The fourth-order valence-electron chi connectivity index (χ4n) is 9.07. The largest absolute Gasteiger partial charge is 0.501 e. The number of nitrogens with zero attached hydrogens (tertiary/aromatic N) is 3. The molecule has 0 saturated carbocycles. The van der Waals surface area contributed by atoms with E-state index in [1.54, 1.807) is 12.1 Å². The summed E-state index contributed by atoms with van der Waals surface area (Å²) in [7, 11) is -10.9. The second kappa shape index (κ2) is 22.1. The van der Waals surface area contributed by atoms with Crippen molar-refractivity contribution in [1.82, 2.24) is 14.5 Å². The number of nitrogens with one attached hydrogen (secondary N) is 2. The Balaban J connectivity index is 1.02. The number of sulfone groups is 1. The van der Waals surface area contributed by atoms with E-state index in [0.717, 1.165) is 86.1 Å². The fraction of sp³-hybridized carbons (Fsp3) is 0.449. The lowest BCUT2D eigenvalue weighted by Crippen LogP contribution is -2.47. The van der Waals surface area contributed by atoms with Crippen molar-refractivity contribution in [3.05, 3.63) is 119 Å². The number of halogens is 4. The highest BCUT2D eigenvalue weighted by Crippen LogP contribution is 2.48. The lowest BCUT2D eigenvalue weighted by molar-refractivity contribution is -0.0435. The topological polar surface area (TPSA) is 128 Å². The van der Waals surface area contributed by atoms with E-state index in [4.69, 9.17) is 16.3 Å². The Morgan fingerprint density at radius 1 is 0.851 bits per heavy atom. The highest BCUT2D eigenvalue weighted by atomic mass is 35.5. The van der Waals surface area contributed by atoms with Crippen LogP contribution in [0.1, 0.15) is 68.3 Å². The van der Waals surface area contributed by atoms with Crippen LogP contribution in [-0.2, 0) is 24.6 Å². The zero-order chi connectivity index (χ0) is 47.8. The van der Waals surface area contributed by atoms with Gasteiger partial charge in [0.1, 0.15) is 4.90 Å². The van der Waals surface area contributed by atoms with Crippen molar-refractivity contribution in [3.8, 4) is 0 Å². The van der Waals surface area contributed by atoms with E-state index in [0.29, 0.717) is 56.5 Å². The normalized spacial score (nSPS) is 18.1. The number of thioether (sulfide) groups is 1. The maximum Gasteiger partial charge on any atom is 0.501 e. The van der Waals surface area contributed by atoms with E-state index in [2.05, 4.69) is 46.0 Å². The molecule has 2 heterocycles. The van der Waals surface area contributed by atoms with Crippen LogP contribution in [0.25, 0.3) is 5.57 Å². The smallest absolute Gasteiger partial charge is 0.380 e. The molecule has 2 saturated heterocycles. The molecule has 1 atom stereocenters. The first-order valence-corrected chi connectivity index (χ1v) is 27.1. The fourth-order valence-corrected chi connectivity index (χ4v) is 12.2. The number of amides is 1. The number of carbonyl (C=O) groups excluding carboxylic acids is 1. The Bertz CT molecular complexity index is 2570. The van der Waals surface area contributed by atoms with Crippen molar-refractivity contribution in [2.75, 3.05) is 81.5 Å². The third kappa shape index (κ3) is 12.8. The molecule has 1 aliphatic carbocycles. The number of anilines is 2. The number of sulfonamides is 1. The molecule has 11 nitrogen and oxygen atoms in total. The van der Waals surface area contributed by atoms with E-state index in [-0.39, 0.29) is 5.56 Å². The summed E-state index contributed by atoms with van der Waals surface area (Å²) in [5.74, 6) is -0.651. The number of hydrogen-bond donors (Lipinski definition) is 2. The molecule has 7 rings (SSSR count). The molecule has 0 aromatic heterocycles. The predicted molar refractivity (Wildman–Crippen MR) is 261 cm³/mol. The van der Waals surface area contributed by atoms with Crippen LogP contribution < -0.4 is 14.9 Å². The Hall–Kier alpha value is -4.10. The van der Waals surface area contributed by atoms with Crippen molar-refractivity contribution in [2.24, 2.45) is 5.41 Å². The van der Waals surface area contributed by atoms with Gasteiger partial charge in [0.25, 0.3) is 25.8 Å². The number of benzene rings is 4. The molecule has 2 fully saturated rings. The number of hydrogen-bond acceptors (Lipinski definition) is 11. The van der Waals surface area contributed by atoms with Crippen LogP contribution in [0.2, 0.25) is 5.02 Å². The molecule has 67 heavy (non-hydrogen) atoms. The Morgan fingerprint density at radius 3 is 2.16 bits per heavy atom. The zero-order valence-electron chi connectivity index (χ0n) is 37.9. The summed E-state index contributed by atoms with van der Waals surface area (Å²) >= 11 is 7.70. The number of rotatable bonds is 18. The van der Waals surface area contributed by atoms with Gasteiger partial charge in [-0.05, 0) is 109 Å². The first-order valence-electron chi connectivity index (χ1n) is 22.8. The third-order valence-corrected chi connectivity index (χ3v) is 17.7. The second-order valence-corrected chi connectivity index (χ2v) is 22.7. The first kappa shape index (κ1) is 50.8. The van der Waals surface area contributed by atoms with Crippen molar-refractivity contribution in [1.29, 1.82) is 0 Å². The van der Waals surface area contributed by atoms with Gasteiger partial charge < -0.3 is 15.0 Å². The number of carbonyl (C=O) groups is 1. The summed E-state index contributed by atoms with van der Waals surface area (Å²) in [6.07, 6.45) is 6.00. The molecule has 0 radical (unpaired) electrons. The summed E-state index contributed by atoms with van der Waals surface area (Å²) in [5.41, 5.74) is -0.850. The maximum atomic E-state index is 14.2. The van der Waals surface area contributed by atoms with E-state index < -0.39 is 52.8 Å². The Kier molecular flexibility index (Phi) is 16.8. The lowest BCUT2D eigenvalue weighted by Gasteiger charge is -2.41. The lowest BCUT2D eigenvalue weighted by atomic mass is 9.67. The minimum Gasteiger partial charge on any atom is -0.380 e.